The lowest BCUT2D eigenvalue weighted by atomic mass is 10.1. The van der Waals surface area contributed by atoms with E-state index in [1.54, 1.807) is 30.3 Å². The Bertz CT molecular complexity index is 1510. The quantitative estimate of drug-likeness (QED) is 0.414. The lowest BCUT2D eigenvalue weighted by Crippen LogP contribution is -2.45. The first kappa shape index (κ1) is 23.6. The Morgan fingerprint density at radius 1 is 0.917 bits per heavy atom. The van der Waals surface area contributed by atoms with Crippen LogP contribution in [0.4, 0.5) is 10.1 Å². The molecule has 9 heteroatoms. The molecule has 0 amide bonds. The molecular weight excluding hydrogens is 463 g/mol. The fourth-order valence-corrected chi connectivity index (χ4v) is 4.41. The van der Waals surface area contributed by atoms with Crippen molar-refractivity contribution in [3.05, 3.63) is 98.9 Å². The zero-order valence-electron chi connectivity index (χ0n) is 20.2. The molecule has 1 aromatic heterocycles. The van der Waals surface area contributed by atoms with E-state index in [1.165, 1.54) is 17.7 Å². The maximum atomic E-state index is 15.4. The Morgan fingerprint density at radius 3 is 2.39 bits per heavy atom. The summed E-state index contributed by atoms with van der Waals surface area (Å²) in [5.74, 6) is 0.0199. The summed E-state index contributed by atoms with van der Waals surface area (Å²) in [6, 6.07) is 18.9. The third-order valence-electron chi connectivity index (χ3n) is 6.44. The molecule has 5 rings (SSSR count). The Kier molecular flexibility index (Phi) is 6.47. The molecule has 0 spiro atoms. The van der Waals surface area contributed by atoms with E-state index < -0.39 is 17.1 Å². The van der Waals surface area contributed by atoms with E-state index in [1.807, 2.05) is 42.3 Å². The minimum Gasteiger partial charge on any atom is -0.497 e. The number of likely N-dealkylation sites (N-methyl/N-ethyl adjacent to an activating group) is 1. The van der Waals surface area contributed by atoms with Crippen LogP contribution in [0.5, 0.6) is 5.75 Å². The number of benzene rings is 3. The van der Waals surface area contributed by atoms with Crippen LogP contribution in [-0.4, -0.2) is 54.5 Å². The van der Waals surface area contributed by atoms with Crippen LogP contribution in [0.1, 0.15) is 5.56 Å². The summed E-state index contributed by atoms with van der Waals surface area (Å²) in [4.78, 5) is 36.8. The van der Waals surface area contributed by atoms with E-state index in [2.05, 4.69) is 4.90 Å². The molecule has 0 N–H and O–H groups in total. The topological polar surface area (TPSA) is 68.9 Å². The lowest BCUT2D eigenvalue weighted by Gasteiger charge is -2.34. The number of halogens is 1. The third kappa shape index (κ3) is 4.45. The van der Waals surface area contributed by atoms with Crippen LogP contribution in [0.25, 0.3) is 16.6 Å². The highest BCUT2D eigenvalue weighted by Gasteiger charge is 2.22. The Hall–Kier alpha value is -4.11. The van der Waals surface area contributed by atoms with Crippen LogP contribution >= 0.6 is 0 Å². The molecule has 0 bridgehead atoms. The predicted octanol–water partition coefficient (Wildman–Crippen LogP) is 2.68. The van der Waals surface area contributed by atoms with Crippen LogP contribution in [0.3, 0.4) is 0 Å². The van der Waals surface area contributed by atoms with Crippen molar-refractivity contribution in [3.8, 4) is 11.4 Å². The first-order valence-corrected chi connectivity index (χ1v) is 11.7. The number of aromatic nitrogens is 2. The molecule has 3 aromatic carbocycles. The van der Waals surface area contributed by atoms with Gasteiger partial charge in [0.2, 0.25) is 0 Å². The van der Waals surface area contributed by atoms with Gasteiger partial charge in [0, 0.05) is 32.2 Å². The summed E-state index contributed by atoms with van der Waals surface area (Å²) in [6.07, 6.45) is 0. The smallest absolute Gasteiger partial charge is 0.369 e. The van der Waals surface area contributed by atoms with Gasteiger partial charge in [0.25, 0.3) is 5.56 Å². The number of fused-ring (bicyclic) bond motifs is 1. The molecule has 0 saturated carbocycles. The molecule has 0 unspecified atom stereocenters. The van der Waals surface area contributed by atoms with E-state index in [-0.39, 0.29) is 12.0 Å². The first-order valence-electron chi connectivity index (χ1n) is 11.7. The van der Waals surface area contributed by atoms with E-state index in [0.717, 1.165) is 18.7 Å². The van der Waals surface area contributed by atoms with E-state index >= 15 is 4.39 Å². The number of hydrogen-bond donors (Lipinski definition) is 0. The number of methoxy groups -OCH3 is 1. The van der Waals surface area contributed by atoms with Crippen molar-refractivity contribution in [2.75, 3.05) is 45.2 Å². The van der Waals surface area contributed by atoms with Gasteiger partial charge >= 0.3 is 5.69 Å². The summed E-state index contributed by atoms with van der Waals surface area (Å²) in [6.45, 7) is 2.85. The van der Waals surface area contributed by atoms with Crippen LogP contribution in [0.15, 0.2) is 76.3 Å². The summed E-state index contributed by atoms with van der Waals surface area (Å²) in [7, 11) is 3.55. The molecule has 0 aliphatic carbocycles. The highest BCUT2D eigenvalue weighted by molar-refractivity contribution is 5.84. The minimum atomic E-state index is -0.714. The van der Waals surface area contributed by atoms with E-state index in [9.17, 15) is 9.59 Å². The maximum Gasteiger partial charge on any atom is 0.369 e. The van der Waals surface area contributed by atoms with Crippen molar-refractivity contribution >= 4 is 16.6 Å². The number of hydrogen-bond acceptors (Lipinski definition) is 6. The van der Waals surface area contributed by atoms with Gasteiger partial charge in [-0.2, -0.15) is 0 Å². The Balaban J connectivity index is 1.71. The summed E-state index contributed by atoms with van der Waals surface area (Å²) in [5, 5.41) is 0.0425. The van der Waals surface area contributed by atoms with Crippen LogP contribution in [0, 0.1) is 5.82 Å². The molecule has 36 heavy (non-hydrogen) atoms. The molecular formula is C27H27FN4O4. The summed E-state index contributed by atoms with van der Waals surface area (Å²) in [5.41, 5.74) is 0.509. The number of nitrogens with zero attached hydrogens (tertiary/aromatic N) is 4. The molecule has 8 nitrogen and oxygen atoms in total. The summed E-state index contributed by atoms with van der Waals surface area (Å²) < 4.78 is 22.8. The van der Waals surface area contributed by atoms with E-state index in [0.29, 0.717) is 40.5 Å². The summed E-state index contributed by atoms with van der Waals surface area (Å²) >= 11 is 0. The number of ether oxygens (including phenoxy) is 1. The molecule has 0 atom stereocenters. The molecule has 2 heterocycles. The second kappa shape index (κ2) is 9.87. The normalized spacial score (nSPS) is 14.2. The van der Waals surface area contributed by atoms with Gasteiger partial charge in [0.1, 0.15) is 18.2 Å². The highest BCUT2D eigenvalue weighted by Crippen LogP contribution is 2.27. The Morgan fingerprint density at radius 2 is 1.67 bits per heavy atom. The van der Waals surface area contributed by atoms with Gasteiger partial charge in [0.05, 0.1) is 29.4 Å². The number of piperazine rings is 1. The van der Waals surface area contributed by atoms with Gasteiger partial charge in [-0.3, -0.25) is 9.36 Å². The van der Waals surface area contributed by atoms with Gasteiger partial charge in [-0.25, -0.2) is 9.18 Å². The number of anilines is 1. The second-order valence-corrected chi connectivity index (χ2v) is 8.79. The molecule has 1 aliphatic heterocycles. The van der Waals surface area contributed by atoms with Crippen molar-refractivity contribution in [2.24, 2.45) is 0 Å². The van der Waals surface area contributed by atoms with Crippen molar-refractivity contribution in [3.63, 3.8) is 0 Å². The molecule has 186 valence electrons. The van der Waals surface area contributed by atoms with Gasteiger partial charge < -0.3 is 19.4 Å². The average molecular weight is 491 g/mol. The molecule has 1 aliphatic rings. The fourth-order valence-electron chi connectivity index (χ4n) is 4.41. The van der Waals surface area contributed by atoms with Gasteiger partial charge in [0.15, 0.2) is 0 Å². The van der Waals surface area contributed by atoms with E-state index in [4.69, 9.17) is 9.57 Å². The molecule has 0 radical (unpaired) electrons. The van der Waals surface area contributed by atoms with Crippen molar-refractivity contribution < 1.29 is 14.0 Å². The zero-order valence-corrected chi connectivity index (χ0v) is 20.2. The van der Waals surface area contributed by atoms with Gasteiger partial charge in [-0.1, -0.05) is 41.1 Å². The molecule has 1 saturated heterocycles. The van der Waals surface area contributed by atoms with Gasteiger partial charge in [-0.15, -0.1) is 0 Å². The van der Waals surface area contributed by atoms with Crippen molar-refractivity contribution in [1.29, 1.82) is 0 Å². The van der Waals surface area contributed by atoms with Crippen molar-refractivity contribution in [1.82, 2.24) is 14.2 Å². The van der Waals surface area contributed by atoms with Crippen molar-refractivity contribution in [2.45, 2.75) is 6.61 Å². The maximum absolute atomic E-state index is 15.4. The third-order valence-corrected chi connectivity index (χ3v) is 6.44. The highest BCUT2D eigenvalue weighted by atomic mass is 19.1. The SMILES string of the molecule is COc1cccc(-n2c(=O)n(OCc3ccccc3)c(=O)c3cc(F)c(N4CCN(C)CC4)cc32)c1. The monoisotopic (exact) mass is 490 g/mol. The largest absolute Gasteiger partial charge is 0.497 e. The molecule has 1 fully saturated rings. The number of rotatable bonds is 6. The zero-order chi connectivity index (χ0) is 25.2. The second-order valence-electron chi connectivity index (χ2n) is 8.79. The predicted molar refractivity (Wildman–Crippen MR) is 137 cm³/mol. The lowest BCUT2D eigenvalue weighted by molar-refractivity contribution is 0.0789. The van der Waals surface area contributed by atoms with Crippen LogP contribution < -0.4 is 25.7 Å². The van der Waals surface area contributed by atoms with Gasteiger partial charge in [-0.05, 0) is 36.9 Å². The fraction of sp³-hybridized carbons (Fsp3) is 0.259. The Labute approximate surface area is 207 Å². The standard InChI is InChI=1S/C27H27FN4O4/c1-29-11-13-30(14-12-29)25-17-24-22(16-23(25)28)26(33)32(36-18-19-7-4-3-5-8-19)27(34)31(24)20-9-6-10-21(15-20)35-2/h3-10,15-17H,11-14,18H2,1-2H3. The van der Waals surface area contributed by atoms with Crippen LogP contribution in [-0.2, 0) is 6.61 Å². The van der Waals surface area contributed by atoms with Crippen LogP contribution in [0.2, 0.25) is 0 Å². The first-order chi connectivity index (χ1) is 17.5. The molecule has 4 aromatic rings. The average Bonchev–Trinajstić information content (AvgIpc) is 2.90. The minimum absolute atomic E-state index is 0.00145.